The Morgan fingerprint density at radius 1 is 1.47 bits per heavy atom. The van der Waals surface area contributed by atoms with Gasteiger partial charge in [-0.2, -0.15) is 0 Å². The first-order valence-electron chi connectivity index (χ1n) is 5.92. The smallest absolute Gasteiger partial charge is 0.339 e. The number of halogens is 1. The predicted molar refractivity (Wildman–Crippen MR) is 72.1 cm³/mol. The molecule has 102 valence electrons. The molecule has 2 rings (SSSR count). The maximum absolute atomic E-state index is 12.0. The molecule has 6 heteroatoms. The lowest BCUT2D eigenvalue weighted by Crippen LogP contribution is -2.30. The first kappa shape index (κ1) is 13.8. The number of benzene rings is 1. The predicted octanol–water partition coefficient (Wildman–Crippen LogP) is 1.80. The van der Waals surface area contributed by atoms with Crippen LogP contribution in [0.25, 0.3) is 0 Å². The number of amides is 1. The highest BCUT2D eigenvalue weighted by Crippen LogP contribution is 2.45. The van der Waals surface area contributed by atoms with E-state index in [1.165, 1.54) is 13.2 Å². The van der Waals surface area contributed by atoms with Crippen molar-refractivity contribution in [1.82, 2.24) is 0 Å². The molecule has 1 aliphatic rings. The van der Waals surface area contributed by atoms with Gasteiger partial charge < -0.3 is 15.8 Å². The molecule has 1 aromatic rings. The van der Waals surface area contributed by atoms with Crippen LogP contribution in [-0.2, 0) is 9.53 Å². The summed E-state index contributed by atoms with van der Waals surface area (Å²) in [5.41, 5.74) is 5.88. The highest BCUT2D eigenvalue weighted by molar-refractivity contribution is 6.33. The molecule has 0 heterocycles. The molecule has 1 amide bonds. The van der Waals surface area contributed by atoms with Crippen molar-refractivity contribution in [2.75, 3.05) is 19.0 Å². The van der Waals surface area contributed by atoms with Crippen LogP contribution >= 0.6 is 11.6 Å². The van der Waals surface area contributed by atoms with Gasteiger partial charge in [0.25, 0.3) is 0 Å². The summed E-state index contributed by atoms with van der Waals surface area (Å²) in [5, 5.41) is 3.04. The maximum Gasteiger partial charge on any atom is 0.339 e. The van der Waals surface area contributed by atoms with E-state index >= 15 is 0 Å². The van der Waals surface area contributed by atoms with Gasteiger partial charge in [-0.1, -0.05) is 11.6 Å². The fraction of sp³-hybridized carbons (Fsp3) is 0.385. The van der Waals surface area contributed by atoms with Crippen molar-refractivity contribution in [3.05, 3.63) is 28.8 Å². The molecular formula is C13H15ClN2O3. The Morgan fingerprint density at radius 3 is 2.68 bits per heavy atom. The highest BCUT2D eigenvalue weighted by atomic mass is 35.5. The van der Waals surface area contributed by atoms with Gasteiger partial charge in [-0.15, -0.1) is 0 Å². The van der Waals surface area contributed by atoms with Gasteiger partial charge in [0.15, 0.2) is 0 Å². The van der Waals surface area contributed by atoms with E-state index < -0.39 is 11.4 Å². The van der Waals surface area contributed by atoms with Gasteiger partial charge in [0.2, 0.25) is 5.91 Å². The van der Waals surface area contributed by atoms with Crippen LogP contribution in [0, 0.1) is 5.41 Å². The topological polar surface area (TPSA) is 81.4 Å². The van der Waals surface area contributed by atoms with Crippen molar-refractivity contribution >= 4 is 29.2 Å². The second-order valence-electron chi connectivity index (χ2n) is 4.62. The number of carbonyl (C=O) groups excluding carboxylic acids is 2. The molecule has 1 saturated carbocycles. The number of nitrogens with one attached hydrogen (secondary N) is 1. The summed E-state index contributed by atoms with van der Waals surface area (Å²) >= 11 is 5.90. The van der Waals surface area contributed by atoms with Crippen LogP contribution in [0.4, 0.5) is 5.69 Å². The molecule has 0 aromatic heterocycles. The zero-order valence-corrected chi connectivity index (χ0v) is 11.3. The van der Waals surface area contributed by atoms with Crippen LogP contribution in [0.3, 0.4) is 0 Å². The number of carbonyl (C=O) groups is 2. The quantitative estimate of drug-likeness (QED) is 0.825. The summed E-state index contributed by atoms with van der Waals surface area (Å²) in [6, 6.07) is 4.68. The van der Waals surface area contributed by atoms with Crippen LogP contribution < -0.4 is 11.1 Å². The Labute approximate surface area is 116 Å². The summed E-state index contributed by atoms with van der Waals surface area (Å²) in [6.07, 6.45) is 1.60. The largest absolute Gasteiger partial charge is 0.465 e. The van der Waals surface area contributed by atoms with Gasteiger partial charge in [-0.05, 0) is 31.0 Å². The van der Waals surface area contributed by atoms with E-state index in [2.05, 4.69) is 10.1 Å². The second-order valence-corrected chi connectivity index (χ2v) is 5.03. The minimum Gasteiger partial charge on any atom is -0.465 e. The zero-order chi connectivity index (χ0) is 14.0. The molecular weight excluding hydrogens is 268 g/mol. The zero-order valence-electron chi connectivity index (χ0n) is 10.5. The van der Waals surface area contributed by atoms with E-state index in [1.54, 1.807) is 12.1 Å². The van der Waals surface area contributed by atoms with Crippen molar-refractivity contribution in [1.29, 1.82) is 0 Å². The molecule has 0 radical (unpaired) electrons. The third kappa shape index (κ3) is 2.72. The van der Waals surface area contributed by atoms with E-state index in [1.807, 2.05) is 0 Å². The van der Waals surface area contributed by atoms with Gasteiger partial charge in [0.1, 0.15) is 0 Å². The summed E-state index contributed by atoms with van der Waals surface area (Å²) in [7, 11) is 1.28. The minimum atomic E-state index is -0.541. The molecule has 1 aliphatic carbocycles. The molecule has 0 spiro atoms. The molecule has 1 fully saturated rings. The monoisotopic (exact) mass is 282 g/mol. The molecule has 0 aliphatic heterocycles. The van der Waals surface area contributed by atoms with Gasteiger partial charge in [0.05, 0.1) is 23.1 Å². The fourth-order valence-corrected chi connectivity index (χ4v) is 2.00. The number of methoxy groups -OCH3 is 1. The number of hydrogen-bond acceptors (Lipinski definition) is 4. The van der Waals surface area contributed by atoms with Gasteiger partial charge in [0, 0.05) is 12.2 Å². The summed E-state index contributed by atoms with van der Waals surface area (Å²) < 4.78 is 4.62. The van der Waals surface area contributed by atoms with Crippen LogP contribution in [0.5, 0.6) is 0 Å². The summed E-state index contributed by atoms with van der Waals surface area (Å²) in [5.74, 6) is -0.658. The average Bonchev–Trinajstić information content (AvgIpc) is 3.21. The summed E-state index contributed by atoms with van der Waals surface area (Å²) in [4.78, 5) is 23.5. The fourth-order valence-electron chi connectivity index (χ4n) is 1.81. The van der Waals surface area contributed by atoms with Crippen LogP contribution in [-0.4, -0.2) is 25.5 Å². The Bertz CT molecular complexity index is 527. The third-order valence-corrected chi connectivity index (χ3v) is 3.69. The van der Waals surface area contributed by atoms with Crippen LogP contribution in [0.15, 0.2) is 18.2 Å². The molecule has 1 aromatic carbocycles. The number of rotatable bonds is 4. The first-order valence-corrected chi connectivity index (χ1v) is 6.29. The maximum atomic E-state index is 12.0. The number of nitrogens with two attached hydrogens (primary N) is 1. The molecule has 5 nitrogen and oxygen atoms in total. The number of esters is 1. The van der Waals surface area contributed by atoms with E-state index in [9.17, 15) is 9.59 Å². The number of ether oxygens (including phenoxy) is 1. The van der Waals surface area contributed by atoms with Crippen molar-refractivity contribution in [2.45, 2.75) is 12.8 Å². The van der Waals surface area contributed by atoms with Gasteiger partial charge in [-0.25, -0.2) is 4.79 Å². The lowest BCUT2D eigenvalue weighted by Gasteiger charge is -2.13. The molecule has 0 atom stereocenters. The Hall–Kier alpha value is -1.59. The molecule has 0 unspecified atom stereocenters. The lowest BCUT2D eigenvalue weighted by atomic mass is 10.1. The minimum absolute atomic E-state index is 0.117. The van der Waals surface area contributed by atoms with E-state index in [0.29, 0.717) is 12.2 Å². The Balaban J connectivity index is 2.18. The van der Waals surface area contributed by atoms with Gasteiger partial charge in [-0.3, -0.25) is 4.79 Å². The van der Waals surface area contributed by atoms with E-state index in [4.69, 9.17) is 17.3 Å². The number of anilines is 1. The average molecular weight is 283 g/mol. The third-order valence-electron chi connectivity index (χ3n) is 3.36. The molecule has 0 saturated heterocycles. The first-order chi connectivity index (χ1) is 9.02. The van der Waals surface area contributed by atoms with Crippen LogP contribution in [0.1, 0.15) is 23.2 Å². The number of hydrogen-bond donors (Lipinski definition) is 2. The highest BCUT2D eigenvalue weighted by Gasteiger charge is 2.48. The van der Waals surface area contributed by atoms with Crippen LogP contribution in [0.2, 0.25) is 5.02 Å². The van der Waals surface area contributed by atoms with Crippen molar-refractivity contribution < 1.29 is 14.3 Å². The Kier molecular flexibility index (Phi) is 3.78. The van der Waals surface area contributed by atoms with Crippen molar-refractivity contribution in [3.63, 3.8) is 0 Å². The second kappa shape index (κ2) is 5.19. The van der Waals surface area contributed by atoms with E-state index in [0.717, 1.165) is 12.8 Å². The Morgan fingerprint density at radius 2 is 2.16 bits per heavy atom. The molecule has 0 bridgehead atoms. The molecule has 19 heavy (non-hydrogen) atoms. The summed E-state index contributed by atoms with van der Waals surface area (Å²) in [6.45, 7) is 0.330. The lowest BCUT2D eigenvalue weighted by molar-refractivity contribution is -0.120. The van der Waals surface area contributed by atoms with Crippen molar-refractivity contribution in [2.24, 2.45) is 11.1 Å². The van der Waals surface area contributed by atoms with Gasteiger partial charge >= 0.3 is 5.97 Å². The SMILES string of the molecule is COC(=O)c1cc(NC(=O)C2(CN)CC2)ccc1Cl. The molecule has 3 N–H and O–H groups in total. The van der Waals surface area contributed by atoms with E-state index in [-0.39, 0.29) is 16.5 Å². The standard InChI is InChI=1S/C13H15ClN2O3/c1-19-11(17)9-6-8(2-3-10(9)14)16-12(18)13(7-15)4-5-13/h2-3,6H,4-5,7,15H2,1H3,(H,16,18). The van der Waals surface area contributed by atoms with Crippen molar-refractivity contribution in [3.8, 4) is 0 Å². The normalized spacial score (nSPS) is 15.7.